The highest BCUT2D eigenvalue weighted by atomic mass is 15.1. The Labute approximate surface area is 123 Å². The van der Waals surface area contributed by atoms with Gasteiger partial charge in [0.25, 0.3) is 0 Å². The van der Waals surface area contributed by atoms with Crippen LogP contribution in [0.3, 0.4) is 0 Å². The summed E-state index contributed by atoms with van der Waals surface area (Å²) in [5.41, 5.74) is 7.22. The van der Waals surface area contributed by atoms with Gasteiger partial charge >= 0.3 is 0 Å². The lowest BCUT2D eigenvalue weighted by Crippen LogP contribution is -2.37. The van der Waals surface area contributed by atoms with E-state index in [1.165, 1.54) is 38.0 Å². The van der Waals surface area contributed by atoms with Crippen LogP contribution < -0.4 is 5.73 Å². The predicted octanol–water partition coefficient (Wildman–Crippen LogP) is 2.35. The second-order valence-electron chi connectivity index (χ2n) is 6.19. The second-order valence-corrected chi connectivity index (χ2v) is 6.19. The monoisotopic (exact) mass is 275 g/mol. The molecule has 3 nitrogen and oxygen atoms in total. The zero-order chi connectivity index (χ0) is 14.4. The van der Waals surface area contributed by atoms with Crippen molar-refractivity contribution >= 4 is 0 Å². The number of hydrogen-bond acceptors (Lipinski definition) is 3. The Morgan fingerprint density at radius 3 is 2.50 bits per heavy atom. The summed E-state index contributed by atoms with van der Waals surface area (Å²) >= 11 is 0. The van der Waals surface area contributed by atoms with Gasteiger partial charge in [0.05, 0.1) is 0 Å². The van der Waals surface area contributed by atoms with Gasteiger partial charge in [0, 0.05) is 12.6 Å². The third kappa shape index (κ3) is 4.30. The molecule has 1 heterocycles. The molecule has 1 aliphatic heterocycles. The van der Waals surface area contributed by atoms with Crippen molar-refractivity contribution in [1.82, 2.24) is 9.80 Å². The summed E-state index contributed by atoms with van der Waals surface area (Å²) in [5, 5.41) is 0. The number of piperidine rings is 1. The third-order valence-corrected chi connectivity index (χ3v) is 4.54. The van der Waals surface area contributed by atoms with Gasteiger partial charge in [-0.05, 0) is 64.5 Å². The molecule has 1 atom stereocenters. The summed E-state index contributed by atoms with van der Waals surface area (Å²) in [5.74, 6) is 0.834. The van der Waals surface area contributed by atoms with Gasteiger partial charge in [-0.3, -0.25) is 4.90 Å². The van der Waals surface area contributed by atoms with Crippen molar-refractivity contribution < 1.29 is 0 Å². The lowest BCUT2D eigenvalue weighted by atomic mass is 9.94. The minimum atomic E-state index is 0.459. The van der Waals surface area contributed by atoms with Crippen molar-refractivity contribution in [3.63, 3.8) is 0 Å². The molecule has 0 amide bonds. The Kier molecular flexibility index (Phi) is 6.02. The summed E-state index contributed by atoms with van der Waals surface area (Å²) in [6.45, 7) is 4.42. The van der Waals surface area contributed by atoms with Crippen molar-refractivity contribution in [2.75, 3.05) is 40.3 Å². The molecule has 0 radical (unpaired) electrons. The largest absolute Gasteiger partial charge is 0.330 e. The van der Waals surface area contributed by atoms with Gasteiger partial charge in [-0.25, -0.2) is 0 Å². The highest BCUT2D eigenvalue weighted by Crippen LogP contribution is 2.25. The predicted molar refractivity (Wildman–Crippen MR) is 85.7 cm³/mol. The first-order valence-corrected chi connectivity index (χ1v) is 7.84. The molecule has 0 aliphatic carbocycles. The first kappa shape index (κ1) is 15.5. The maximum Gasteiger partial charge on any atom is 0.0357 e. The van der Waals surface area contributed by atoms with Crippen molar-refractivity contribution in [2.45, 2.75) is 25.3 Å². The number of nitrogens with zero attached hydrogens (tertiary/aromatic N) is 2. The van der Waals surface area contributed by atoms with E-state index in [4.69, 9.17) is 5.73 Å². The molecule has 1 fully saturated rings. The summed E-state index contributed by atoms with van der Waals surface area (Å²) in [7, 11) is 4.48. The molecule has 3 heteroatoms. The molecular formula is C17H29N3. The lowest BCUT2D eigenvalue weighted by molar-refractivity contribution is 0.146. The normalized spacial score (nSPS) is 19.4. The molecule has 1 saturated heterocycles. The number of benzene rings is 1. The van der Waals surface area contributed by atoms with Crippen molar-refractivity contribution in [3.05, 3.63) is 35.9 Å². The first-order chi connectivity index (χ1) is 9.70. The van der Waals surface area contributed by atoms with Crippen LogP contribution in [0.5, 0.6) is 0 Å². The van der Waals surface area contributed by atoms with Gasteiger partial charge in [-0.15, -0.1) is 0 Å². The van der Waals surface area contributed by atoms with Crippen molar-refractivity contribution in [1.29, 1.82) is 0 Å². The molecule has 1 aromatic rings. The van der Waals surface area contributed by atoms with Crippen molar-refractivity contribution in [2.24, 2.45) is 11.7 Å². The molecule has 1 unspecified atom stereocenters. The van der Waals surface area contributed by atoms with E-state index in [9.17, 15) is 0 Å². The van der Waals surface area contributed by atoms with Gasteiger partial charge in [0.15, 0.2) is 0 Å². The Bertz CT molecular complexity index is 371. The Hall–Kier alpha value is -0.900. The van der Waals surface area contributed by atoms with Crippen LogP contribution in [0.4, 0.5) is 0 Å². The topological polar surface area (TPSA) is 32.5 Å². The van der Waals surface area contributed by atoms with Gasteiger partial charge in [0.1, 0.15) is 0 Å². The Morgan fingerprint density at radius 2 is 1.90 bits per heavy atom. The number of nitrogens with two attached hydrogens (primary N) is 1. The molecule has 1 aromatic carbocycles. The van der Waals surface area contributed by atoms with Gasteiger partial charge in [0.2, 0.25) is 0 Å². The van der Waals surface area contributed by atoms with E-state index in [0.29, 0.717) is 6.04 Å². The van der Waals surface area contributed by atoms with Crippen LogP contribution in [0.15, 0.2) is 30.3 Å². The standard InChI is InChI=1S/C17H29N3/c1-19-12-9-15(10-13-19)14-20(2)17(8-11-18)16-6-4-3-5-7-16/h3-7,15,17H,8-14,18H2,1-2H3. The number of likely N-dealkylation sites (tertiary alicyclic amines) is 1. The van der Waals surface area contributed by atoms with E-state index in [1.54, 1.807) is 0 Å². The first-order valence-electron chi connectivity index (χ1n) is 7.84. The van der Waals surface area contributed by atoms with Crippen LogP contribution >= 0.6 is 0 Å². The van der Waals surface area contributed by atoms with E-state index in [-0.39, 0.29) is 0 Å². The highest BCUT2D eigenvalue weighted by molar-refractivity contribution is 5.19. The van der Waals surface area contributed by atoms with E-state index in [0.717, 1.165) is 18.9 Å². The molecular weight excluding hydrogens is 246 g/mol. The van der Waals surface area contributed by atoms with Crippen LogP contribution in [-0.2, 0) is 0 Å². The van der Waals surface area contributed by atoms with Gasteiger partial charge in [-0.1, -0.05) is 30.3 Å². The Balaban J connectivity index is 1.95. The van der Waals surface area contributed by atoms with E-state index in [1.807, 2.05) is 0 Å². The van der Waals surface area contributed by atoms with Crippen molar-refractivity contribution in [3.8, 4) is 0 Å². The lowest BCUT2D eigenvalue weighted by Gasteiger charge is -2.35. The summed E-state index contributed by atoms with van der Waals surface area (Å²) in [6, 6.07) is 11.3. The quantitative estimate of drug-likeness (QED) is 0.865. The van der Waals surface area contributed by atoms with Crippen LogP contribution in [0, 0.1) is 5.92 Å². The molecule has 0 aromatic heterocycles. The van der Waals surface area contributed by atoms with Crippen LogP contribution in [0.2, 0.25) is 0 Å². The molecule has 20 heavy (non-hydrogen) atoms. The fraction of sp³-hybridized carbons (Fsp3) is 0.647. The van der Waals surface area contributed by atoms with E-state index >= 15 is 0 Å². The summed E-state index contributed by atoms with van der Waals surface area (Å²) in [6.07, 6.45) is 3.68. The van der Waals surface area contributed by atoms with Crippen LogP contribution in [-0.4, -0.2) is 50.1 Å². The molecule has 0 saturated carbocycles. The average Bonchev–Trinajstić information content (AvgIpc) is 2.48. The zero-order valence-electron chi connectivity index (χ0n) is 13.0. The molecule has 0 spiro atoms. The molecule has 2 N–H and O–H groups in total. The third-order valence-electron chi connectivity index (χ3n) is 4.54. The maximum absolute atomic E-state index is 5.82. The minimum Gasteiger partial charge on any atom is -0.330 e. The second kappa shape index (κ2) is 7.77. The fourth-order valence-corrected chi connectivity index (χ4v) is 3.25. The maximum atomic E-state index is 5.82. The summed E-state index contributed by atoms with van der Waals surface area (Å²) < 4.78 is 0. The van der Waals surface area contributed by atoms with Gasteiger partial charge in [-0.2, -0.15) is 0 Å². The average molecular weight is 275 g/mol. The number of hydrogen-bond donors (Lipinski definition) is 1. The Morgan fingerprint density at radius 1 is 1.25 bits per heavy atom. The van der Waals surface area contributed by atoms with Gasteiger partial charge < -0.3 is 10.6 Å². The molecule has 1 aliphatic rings. The molecule has 112 valence electrons. The molecule has 2 rings (SSSR count). The zero-order valence-corrected chi connectivity index (χ0v) is 13.0. The molecule has 0 bridgehead atoms. The van der Waals surface area contributed by atoms with Crippen LogP contribution in [0.1, 0.15) is 30.9 Å². The van der Waals surface area contributed by atoms with Crippen LogP contribution in [0.25, 0.3) is 0 Å². The SMILES string of the molecule is CN1CCC(CN(C)C(CCN)c2ccccc2)CC1. The fourth-order valence-electron chi connectivity index (χ4n) is 3.25. The number of rotatable bonds is 6. The van der Waals surface area contributed by atoms with E-state index < -0.39 is 0 Å². The highest BCUT2D eigenvalue weighted by Gasteiger charge is 2.22. The smallest absolute Gasteiger partial charge is 0.0357 e. The summed E-state index contributed by atoms with van der Waals surface area (Å²) in [4.78, 5) is 4.95. The van der Waals surface area contributed by atoms with E-state index in [2.05, 4.69) is 54.2 Å². The minimum absolute atomic E-state index is 0.459.